The summed E-state index contributed by atoms with van der Waals surface area (Å²) >= 11 is 5.10. The van der Waals surface area contributed by atoms with Crippen molar-refractivity contribution < 1.29 is 14.3 Å². The molecule has 0 aromatic carbocycles. The predicted molar refractivity (Wildman–Crippen MR) is 46.0 cm³/mol. The fourth-order valence-corrected chi connectivity index (χ4v) is 0.900. The molecule has 0 aliphatic rings. The topological polar surface area (TPSA) is 43.4 Å². The van der Waals surface area contributed by atoms with Crippen molar-refractivity contribution in [3.8, 4) is 0 Å². The van der Waals surface area contributed by atoms with E-state index >= 15 is 0 Å². The highest BCUT2D eigenvalue weighted by molar-refractivity contribution is 6.63. The number of rotatable bonds is 6. The maximum Gasteiger partial charge on any atom is 0.305 e. The van der Waals surface area contributed by atoms with Gasteiger partial charge in [-0.05, 0) is 31.4 Å². The van der Waals surface area contributed by atoms with E-state index < -0.39 is 0 Å². The zero-order valence-corrected chi connectivity index (χ0v) is 7.89. The quantitative estimate of drug-likeness (QED) is 0.367. The van der Waals surface area contributed by atoms with E-state index in [0.717, 1.165) is 0 Å². The van der Waals surface area contributed by atoms with E-state index in [4.69, 9.17) is 16.3 Å². The molecule has 4 heteroatoms. The maximum absolute atomic E-state index is 10.7. The van der Waals surface area contributed by atoms with E-state index in [9.17, 15) is 9.59 Å². The highest BCUT2D eigenvalue weighted by atomic mass is 35.5. The Labute approximate surface area is 77.0 Å². The monoisotopic (exact) mass is 192 g/mol. The first-order chi connectivity index (χ1) is 5.66. The van der Waals surface area contributed by atoms with Gasteiger partial charge in [0.15, 0.2) is 0 Å². The number of ether oxygens (including phenoxy) is 1. The largest absolute Gasteiger partial charge is 0.466 e. The first-order valence-electron chi connectivity index (χ1n) is 4.00. The minimum atomic E-state index is -0.348. The van der Waals surface area contributed by atoms with Gasteiger partial charge in [-0.25, -0.2) is 0 Å². The molecular formula is C8H13ClO3. The van der Waals surface area contributed by atoms with Gasteiger partial charge in [-0.2, -0.15) is 0 Å². The molecule has 0 radical (unpaired) electrons. The van der Waals surface area contributed by atoms with E-state index in [2.05, 4.69) is 0 Å². The highest BCUT2D eigenvalue weighted by Crippen LogP contribution is 2.03. The van der Waals surface area contributed by atoms with E-state index in [0.29, 0.717) is 32.3 Å². The molecule has 12 heavy (non-hydrogen) atoms. The second-order valence-corrected chi connectivity index (χ2v) is 2.79. The van der Waals surface area contributed by atoms with Crippen molar-refractivity contribution >= 4 is 22.8 Å². The smallest absolute Gasteiger partial charge is 0.305 e. The molecule has 0 bridgehead atoms. The van der Waals surface area contributed by atoms with Crippen LogP contribution in [-0.4, -0.2) is 17.8 Å². The lowest BCUT2D eigenvalue weighted by atomic mass is 10.2. The second kappa shape index (κ2) is 7.10. The zero-order chi connectivity index (χ0) is 9.40. The summed E-state index contributed by atoms with van der Waals surface area (Å²) in [5.41, 5.74) is 0. The Hall–Kier alpha value is -0.570. The fourth-order valence-electron chi connectivity index (χ4n) is 0.766. The molecule has 0 aromatic rings. The third-order valence-corrected chi connectivity index (χ3v) is 1.50. The van der Waals surface area contributed by atoms with E-state index in [1.807, 2.05) is 0 Å². The number of halogens is 1. The van der Waals surface area contributed by atoms with Gasteiger partial charge < -0.3 is 4.74 Å². The summed E-state index contributed by atoms with van der Waals surface area (Å²) in [4.78, 5) is 21.0. The summed E-state index contributed by atoms with van der Waals surface area (Å²) in [5, 5.41) is -0.348. The van der Waals surface area contributed by atoms with E-state index in [1.54, 1.807) is 6.92 Å². The molecule has 3 nitrogen and oxygen atoms in total. The van der Waals surface area contributed by atoms with Crippen LogP contribution in [0.4, 0.5) is 0 Å². The fraction of sp³-hybridized carbons (Fsp3) is 0.750. The van der Waals surface area contributed by atoms with Gasteiger partial charge in [-0.1, -0.05) is 0 Å². The molecule has 0 aliphatic carbocycles. The molecule has 0 aliphatic heterocycles. The number of carbonyl (C=O) groups excluding carboxylic acids is 2. The summed E-state index contributed by atoms with van der Waals surface area (Å²) in [5.74, 6) is -0.209. The predicted octanol–water partition coefficient (Wildman–Crippen LogP) is 1.88. The van der Waals surface area contributed by atoms with Crippen LogP contribution in [0.15, 0.2) is 0 Å². The first kappa shape index (κ1) is 11.4. The minimum Gasteiger partial charge on any atom is -0.466 e. The lowest BCUT2D eigenvalue weighted by Crippen LogP contribution is -2.03. The van der Waals surface area contributed by atoms with Crippen LogP contribution in [0.3, 0.4) is 0 Å². The van der Waals surface area contributed by atoms with E-state index in [-0.39, 0.29) is 11.2 Å². The lowest BCUT2D eigenvalue weighted by Gasteiger charge is -1.99. The summed E-state index contributed by atoms with van der Waals surface area (Å²) < 4.78 is 4.69. The molecule has 0 N–H and O–H groups in total. The summed E-state index contributed by atoms with van der Waals surface area (Å²) in [7, 11) is 0. The Morgan fingerprint density at radius 2 is 1.83 bits per heavy atom. The van der Waals surface area contributed by atoms with Crippen molar-refractivity contribution in [2.24, 2.45) is 0 Å². The van der Waals surface area contributed by atoms with Crippen molar-refractivity contribution in [2.75, 3.05) is 6.61 Å². The Morgan fingerprint density at radius 3 is 2.33 bits per heavy atom. The van der Waals surface area contributed by atoms with Crippen LogP contribution in [0.2, 0.25) is 0 Å². The molecule has 0 amide bonds. The van der Waals surface area contributed by atoms with Crippen LogP contribution in [0.25, 0.3) is 0 Å². The third-order valence-electron chi connectivity index (χ3n) is 1.31. The summed E-state index contributed by atoms with van der Waals surface area (Å²) in [6.45, 7) is 2.17. The normalized spacial score (nSPS) is 9.50. The van der Waals surface area contributed by atoms with Gasteiger partial charge in [0.05, 0.1) is 6.61 Å². The average Bonchev–Trinajstić information content (AvgIpc) is 1.98. The zero-order valence-electron chi connectivity index (χ0n) is 7.14. The van der Waals surface area contributed by atoms with Crippen LogP contribution in [0, 0.1) is 0 Å². The number of carbonyl (C=O) groups is 2. The summed E-state index contributed by atoms with van der Waals surface area (Å²) in [6.07, 6.45) is 2.03. The van der Waals surface area contributed by atoms with E-state index in [1.165, 1.54) is 0 Å². The Bertz CT molecular complexity index is 156. The molecule has 0 heterocycles. The van der Waals surface area contributed by atoms with Crippen molar-refractivity contribution in [1.82, 2.24) is 0 Å². The molecule has 0 saturated carbocycles. The second-order valence-electron chi connectivity index (χ2n) is 2.37. The van der Waals surface area contributed by atoms with Crippen LogP contribution < -0.4 is 0 Å². The number of unbranched alkanes of at least 4 members (excludes halogenated alkanes) is 1. The maximum atomic E-state index is 10.7. The Balaban J connectivity index is 3.19. The molecule has 0 saturated heterocycles. The SMILES string of the molecule is CCOC(=O)CCCCC(=O)Cl. The standard InChI is InChI=1S/C8H13ClO3/c1-2-12-8(11)6-4-3-5-7(9)10/h2-6H2,1H3. The van der Waals surface area contributed by atoms with Gasteiger partial charge in [0.2, 0.25) is 5.24 Å². The number of hydrogen-bond acceptors (Lipinski definition) is 3. The first-order valence-corrected chi connectivity index (χ1v) is 4.38. The van der Waals surface area contributed by atoms with Crippen molar-refractivity contribution in [3.63, 3.8) is 0 Å². The lowest BCUT2D eigenvalue weighted by molar-refractivity contribution is -0.143. The average molecular weight is 193 g/mol. The molecule has 0 fully saturated rings. The number of esters is 1. The molecule has 0 unspecified atom stereocenters. The van der Waals surface area contributed by atoms with Gasteiger partial charge in [0.25, 0.3) is 0 Å². The van der Waals surface area contributed by atoms with Crippen molar-refractivity contribution in [2.45, 2.75) is 32.6 Å². The molecule has 0 aromatic heterocycles. The van der Waals surface area contributed by atoms with Crippen LogP contribution in [-0.2, 0) is 14.3 Å². The van der Waals surface area contributed by atoms with Gasteiger partial charge in [-0.15, -0.1) is 0 Å². The third kappa shape index (κ3) is 7.54. The molecule has 0 rings (SSSR count). The van der Waals surface area contributed by atoms with Crippen molar-refractivity contribution in [1.29, 1.82) is 0 Å². The van der Waals surface area contributed by atoms with Crippen molar-refractivity contribution in [3.05, 3.63) is 0 Å². The molecular weight excluding hydrogens is 180 g/mol. The molecule has 70 valence electrons. The number of hydrogen-bond donors (Lipinski definition) is 0. The van der Waals surface area contributed by atoms with Crippen LogP contribution >= 0.6 is 11.6 Å². The van der Waals surface area contributed by atoms with Gasteiger partial charge in [0.1, 0.15) is 0 Å². The van der Waals surface area contributed by atoms with Gasteiger partial charge >= 0.3 is 5.97 Å². The van der Waals surface area contributed by atoms with Crippen LogP contribution in [0.5, 0.6) is 0 Å². The van der Waals surface area contributed by atoms with Gasteiger partial charge in [-0.3, -0.25) is 9.59 Å². The molecule has 0 spiro atoms. The highest BCUT2D eigenvalue weighted by Gasteiger charge is 2.01. The van der Waals surface area contributed by atoms with Gasteiger partial charge in [0, 0.05) is 12.8 Å². The minimum absolute atomic E-state index is 0.209. The summed E-state index contributed by atoms with van der Waals surface area (Å²) in [6, 6.07) is 0. The molecule has 0 atom stereocenters. The Kier molecular flexibility index (Phi) is 6.76. The Morgan fingerprint density at radius 1 is 1.25 bits per heavy atom. The van der Waals surface area contributed by atoms with Crippen LogP contribution in [0.1, 0.15) is 32.6 Å².